The normalized spacial score (nSPS) is 11.7. The molecule has 0 unspecified atom stereocenters. The number of nitrogens with two attached hydrogens (primary N) is 1. The maximum atomic E-state index is 11.8. The first kappa shape index (κ1) is 15.0. The second kappa shape index (κ2) is 6.78. The number of hydrogen-bond donors (Lipinski definition) is 2. The van der Waals surface area contributed by atoms with Crippen molar-refractivity contribution in [3.05, 3.63) is 29.3 Å². The summed E-state index contributed by atoms with van der Waals surface area (Å²) < 4.78 is 4.94. The van der Waals surface area contributed by atoms with Crippen LogP contribution < -0.4 is 11.1 Å². The third-order valence-electron chi connectivity index (χ3n) is 2.90. The van der Waals surface area contributed by atoms with E-state index in [1.165, 1.54) is 0 Å². The standard InChI is InChI=1S/C14H20N2O3/c1-4-10(3)16-12(17)8-19-14(18)11-7-5-6-9(2)13(11)15/h5-7,10H,4,8,15H2,1-3H3,(H,16,17)/t10-/m0/s1. The molecule has 0 aliphatic rings. The van der Waals surface area contributed by atoms with E-state index in [-0.39, 0.29) is 24.1 Å². The molecule has 1 aromatic carbocycles. The van der Waals surface area contributed by atoms with E-state index in [9.17, 15) is 9.59 Å². The lowest BCUT2D eigenvalue weighted by molar-refractivity contribution is -0.124. The lowest BCUT2D eigenvalue weighted by Gasteiger charge is -2.12. The maximum Gasteiger partial charge on any atom is 0.340 e. The van der Waals surface area contributed by atoms with Crippen LogP contribution in [0.25, 0.3) is 0 Å². The molecule has 1 atom stereocenters. The molecule has 0 aliphatic heterocycles. The van der Waals surface area contributed by atoms with Crippen molar-refractivity contribution in [2.75, 3.05) is 12.3 Å². The molecule has 5 nitrogen and oxygen atoms in total. The topological polar surface area (TPSA) is 81.4 Å². The van der Waals surface area contributed by atoms with E-state index < -0.39 is 5.97 Å². The second-order valence-corrected chi connectivity index (χ2v) is 4.49. The number of hydrogen-bond acceptors (Lipinski definition) is 4. The Morgan fingerprint density at radius 2 is 2.11 bits per heavy atom. The Bertz CT molecular complexity index is 472. The number of esters is 1. The number of amides is 1. The van der Waals surface area contributed by atoms with Gasteiger partial charge in [0.05, 0.1) is 5.56 Å². The van der Waals surface area contributed by atoms with Gasteiger partial charge in [0.25, 0.3) is 5.91 Å². The van der Waals surface area contributed by atoms with E-state index in [4.69, 9.17) is 10.5 Å². The molecule has 1 aromatic rings. The van der Waals surface area contributed by atoms with Crippen molar-refractivity contribution < 1.29 is 14.3 Å². The van der Waals surface area contributed by atoms with Gasteiger partial charge in [0.15, 0.2) is 6.61 Å². The van der Waals surface area contributed by atoms with E-state index in [2.05, 4.69) is 5.32 Å². The highest BCUT2D eigenvalue weighted by Gasteiger charge is 2.14. The number of benzene rings is 1. The molecule has 0 heterocycles. The lowest BCUT2D eigenvalue weighted by Crippen LogP contribution is -2.35. The molecule has 19 heavy (non-hydrogen) atoms. The third kappa shape index (κ3) is 4.28. The van der Waals surface area contributed by atoms with Crippen molar-refractivity contribution >= 4 is 17.6 Å². The summed E-state index contributed by atoms with van der Waals surface area (Å²) in [4.78, 5) is 23.3. The van der Waals surface area contributed by atoms with E-state index in [0.29, 0.717) is 5.69 Å². The molecule has 0 bridgehead atoms. The van der Waals surface area contributed by atoms with Gasteiger partial charge in [-0.1, -0.05) is 19.1 Å². The van der Waals surface area contributed by atoms with E-state index >= 15 is 0 Å². The van der Waals surface area contributed by atoms with E-state index in [0.717, 1.165) is 12.0 Å². The van der Waals surface area contributed by atoms with Crippen molar-refractivity contribution in [3.63, 3.8) is 0 Å². The van der Waals surface area contributed by atoms with Crippen LogP contribution >= 0.6 is 0 Å². The number of rotatable bonds is 5. The quantitative estimate of drug-likeness (QED) is 0.626. The Morgan fingerprint density at radius 3 is 2.74 bits per heavy atom. The van der Waals surface area contributed by atoms with Crippen LogP contribution in [0.4, 0.5) is 5.69 Å². The minimum absolute atomic E-state index is 0.0650. The van der Waals surface area contributed by atoms with Crippen LogP contribution in [0.5, 0.6) is 0 Å². The molecule has 0 saturated heterocycles. The summed E-state index contributed by atoms with van der Waals surface area (Å²) in [7, 11) is 0. The Labute approximate surface area is 113 Å². The first-order valence-electron chi connectivity index (χ1n) is 6.27. The molecule has 0 spiro atoms. The highest BCUT2D eigenvalue weighted by Crippen LogP contribution is 2.17. The SMILES string of the molecule is CC[C@H](C)NC(=O)COC(=O)c1cccc(C)c1N. The first-order valence-corrected chi connectivity index (χ1v) is 6.27. The average molecular weight is 264 g/mol. The fourth-order valence-corrected chi connectivity index (χ4v) is 1.49. The molecule has 1 amide bonds. The zero-order valence-electron chi connectivity index (χ0n) is 11.5. The highest BCUT2D eigenvalue weighted by molar-refractivity contribution is 5.96. The summed E-state index contributed by atoms with van der Waals surface area (Å²) in [5, 5.41) is 2.71. The molecule has 0 radical (unpaired) electrons. The average Bonchev–Trinajstić information content (AvgIpc) is 2.39. The van der Waals surface area contributed by atoms with Crippen LogP contribution in [0.2, 0.25) is 0 Å². The molecule has 3 N–H and O–H groups in total. The van der Waals surface area contributed by atoms with Gasteiger partial charge in [0.1, 0.15) is 0 Å². The Balaban J connectivity index is 2.56. The Hall–Kier alpha value is -2.04. The molecule has 0 fully saturated rings. The van der Waals surface area contributed by atoms with Crippen molar-refractivity contribution in [1.29, 1.82) is 0 Å². The van der Waals surface area contributed by atoms with Crippen LogP contribution in [0.1, 0.15) is 36.2 Å². The minimum atomic E-state index is -0.583. The minimum Gasteiger partial charge on any atom is -0.452 e. The van der Waals surface area contributed by atoms with Gasteiger partial charge in [-0.2, -0.15) is 0 Å². The Morgan fingerprint density at radius 1 is 1.42 bits per heavy atom. The second-order valence-electron chi connectivity index (χ2n) is 4.49. The van der Waals surface area contributed by atoms with Gasteiger partial charge in [-0.3, -0.25) is 4.79 Å². The molecule has 5 heteroatoms. The predicted molar refractivity (Wildman–Crippen MR) is 73.8 cm³/mol. The third-order valence-corrected chi connectivity index (χ3v) is 2.90. The van der Waals surface area contributed by atoms with Gasteiger partial charge < -0.3 is 15.8 Å². The lowest BCUT2D eigenvalue weighted by atomic mass is 10.1. The molecule has 104 valence electrons. The monoisotopic (exact) mass is 264 g/mol. The fraction of sp³-hybridized carbons (Fsp3) is 0.429. The van der Waals surface area contributed by atoms with Gasteiger partial charge in [-0.05, 0) is 31.9 Å². The van der Waals surface area contributed by atoms with Crippen LogP contribution in [0.15, 0.2) is 18.2 Å². The first-order chi connectivity index (χ1) is 8.95. The van der Waals surface area contributed by atoms with Crippen molar-refractivity contribution in [2.45, 2.75) is 33.2 Å². The van der Waals surface area contributed by atoms with Gasteiger partial charge in [-0.25, -0.2) is 4.79 Å². The summed E-state index contributed by atoms with van der Waals surface area (Å²) in [6.45, 7) is 5.36. The largest absolute Gasteiger partial charge is 0.452 e. The Kier molecular flexibility index (Phi) is 5.36. The molecule has 1 rings (SSSR count). The number of carbonyl (C=O) groups excluding carboxylic acids is 2. The van der Waals surface area contributed by atoms with Crippen LogP contribution in [-0.2, 0) is 9.53 Å². The summed E-state index contributed by atoms with van der Waals surface area (Å²) in [5.74, 6) is -0.894. The van der Waals surface area contributed by atoms with Crippen LogP contribution in [-0.4, -0.2) is 24.5 Å². The fourth-order valence-electron chi connectivity index (χ4n) is 1.49. The van der Waals surface area contributed by atoms with Gasteiger partial charge in [-0.15, -0.1) is 0 Å². The molecule has 0 saturated carbocycles. The van der Waals surface area contributed by atoms with Gasteiger partial charge in [0, 0.05) is 11.7 Å². The van der Waals surface area contributed by atoms with Crippen LogP contribution in [0, 0.1) is 6.92 Å². The number of aryl methyl sites for hydroxylation is 1. The number of carbonyl (C=O) groups is 2. The molecular formula is C14H20N2O3. The summed E-state index contributed by atoms with van der Waals surface area (Å²) in [6.07, 6.45) is 0.824. The molecular weight excluding hydrogens is 244 g/mol. The summed E-state index contributed by atoms with van der Waals surface area (Å²) in [6, 6.07) is 5.18. The molecule has 0 aliphatic carbocycles. The highest BCUT2D eigenvalue weighted by atomic mass is 16.5. The maximum absolute atomic E-state index is 11.8. The van der Waals surface area contributed by atoms with Crippen molar-refractivity contribution in [3.8, 4) is 0 Å². The van der Waals surface area contributed by atoms with E-state index in [1.54, 1.807) is 12.1 Å². The summed E-state index contributed by atoms with van der Waals surface area (Å²) >= 11 is 0. The number of ether oxygens (including phenoxy) is 1. The summed E-state index contributed by atoms with van der Waals surface area (Å²) in [5.41, 5.74) is 7.27. The zero-order chi connectivity index (χ0) is 14.4. The number of anilines is 1. The predicted octanol–water partition coefficient (Wildman–Crippen LogP) is 1.65. The van der Waals surface area contributed by atoms with Crippen molar-refractivity contribution in [1.82, 2.24) is 5.32 Å². The van der Waals surface area contributed by atoms with Gasteiger partial charge >= 0.3 is 5.97 Å². The number of nitrogens with one attached hydrogen (secondary N) is 1. The number of nitrogen functional groups attached to an aromatic ring is 1. The molecule has 0 aromatic heterocycles. The zero-order valence-corrected chi connectivity index (χ0v) is 11.5. The number of para-hydroxylation sites is 1. The van der Waals surface area contributed by atoms with Crippen molar-refractivity contribution in [2.24, 2.45) is 0 Å². The smallest absolute Gasteiger partial charge is 0.340 e. The van der Waals surface area contributed by atoms with Crippen LogP contribution in [0.3, 0.4) is 0 Å². The van der Waals surface area contributed by atoms with Gasteiger partial charge in [0.2, 0.25) is 0 Å². The van der Waals surface area contributed by atoms with E-state index in [1.807, 2.05) is 26.8 Å².